The van der Waals surface area contributed by atoms with Gasteiger partial charge in [-0.1, -0.05) is 0 Å². The molecule has 2 aromatic rings. The lowest BCUT2D eigenvalue weighted by molar-refractivity contribution is -0.384. The first kappa shape index (κ1) is 13.6. The predicted molar refractivity (Wildman–Crippen MR) is 72.5 cm³/mol. The lowest BCUT2D eigenvalue weighted by atomic mass is 10.3. The van der Waals surface area contributed by atoms with E-state index in [9.17, 15) is 14.9 Å². The van der Waals surface area contributed by atoms with Crippen LogP contribution in [0.1, 0.15) is 10.6 Å². The number of halogens is 2. The van der Waals surface area contributed by atoms with Gasteiger partial charge >= 0.3 is 0 Å². The van der Waals surface area contributed by atoms with Crippen LogP contribution in [0, 0.1) is 10.1 Å². The molecule has 0 fully saturated rings. The first-order valence-corrected chi connectivity index (χ1v) is 6.15. The number of nitrogens with zero attached hydrogens (tertiary/aromatic N) is 1. The first-order chi connectivity index (χ1) is 8.97. The van der Waals surface area contributed by atoms with Gasteiger partial charge in [0.2, 0.25) is 0 Å². The SMILES string of the molecule is O=C(Nc1ccc([N+](=O)[O-])cc1Br)c1ccc(Cl)o1. The van der Waals surface area contributed by atoms with Crippen molar-refractivity contribution >= 4 is 44.8 Å². The summed E-state index contributed by atoms with van der Waals surface area (Å²) in [5.74, 6) is -0.447. The molecule has 0 aliphatic heterocycles. The van der Waals surface area contributed by atoms with Crippen molar-refractivity contribution in [2.24, 2.45) is 0 Å². The summed E-state index contributed by atoms with van der Waals surface area (Å²) in [4.78, 5) is 21.8. The molecule has 1 aromatic carbocycles. The number of rotatable bonds is 3. The molecule has 0 spiro atoms. The Kier molecular flexibility index (Phi) is 3.87. The summed E-state index contributed by atoms with van der Waals surface area (Å²) < 4.78 is 5.35. The van der Waals surface area contributed by atoms with E-state index in [1.165, 1.54) is 30.3 Å². The van der Waals surface area contributed by atoms with Crippen molar-refractivity contribution in [3.05, 3.63) is 55.9 Å². The molecular weight excluding hydrogens is 339 g/mol. The van der Waals surface area contributed by atoms with Crippen LogP contribution in [0.15, 0.2) is 39.2 Å². The second-order valence-electron chi connectivity index (χ2n) is 3.48. The summed E-state index contributed by atoms with van der Waals surface area (Å²) in [5.41, 5.74) is 0.314. The summed E-state index contributed by atoms with van der Waals surface area (Å²) in [7, 11) is 0. The molecule has 1 aromatic heterocycles. The number of furan rings is 1. The summed E-state index contributed by atoms with van der Waals surface area (Å²) in [5, 5.41) is 13.2. The average molecular weight is 346 g/mol. The van der Waals surface area contributed by atoms with E-state index in [0.29, 0.717) is 10.2 Å². The number of nitrogens with one attached hydrogen (secondary N) is 1. The van der Waals surface area contributed by atoms with Gasteiger partial charge in [0.25, 0.3) is 11.6 Å². The van der Waals surface area contributed by atoms with Gasteiger partial charge in [-0.25, -0.2) is 0 Å². The zero-order valence-electron chi connectivity index (χ0n) is 9.22. The van der Waals surface area contributed by atoms with Crippen molar-refractivity contribution in [3.63, 3.8) is 0 Å². The van der Waals surface area contributed by atoms with Crippen LogP contribution in [0.4, 0.5) is 11.4 Å². The number of benzene rings is 1. The highest BCUT2D eigenvalue weighted by molar-refractivity contribution is 9.10. The maximum Gasteiger partial charge on any atom is 0.291 e. The molecule has 0 unspecified atom stereocenters. The van der Waals surface area contributed by atoms with E-state index < -0.39 is 10.8 Å². The first-order valence-electron chi connectivity index (χ1n) is 4.98. The van der Waals surface area contributed by atoms with Gasteiger partial charge in [0.1, 0.15) is 0 Å². The molecule has 0 saturated carbocycles. The largest absolute Gasteiger partial charge is 0.440 e. The van der Waals surface area contributed by atoms with Crippen LogP contribution in [-0.4, -0.2) is 10.8 Å². The molecule has 8 heteroatoms. The second kappa shape index (κ2) is 5.41. The minimum absolute atomic E-state index is 0.0512. The Morgan fingerprint density at radius 3 is 2.63 bits per heavy atom. The lowest BCUT2D eigenvalue weighted by Gasteiger charge is -2.05. The van der Waals surface area contributed by atoms with Gasteiger partial charge in [-0.3, -0.25) is 14.9 Å². The van der Waals surface area contributed by atoms with E-state index in [4.69, 9.17) is 16.0 Å². The number of hydrogen-bond donors (Lipinski definition) is 1. The van der Waals surface area contributed by atoms with Gasteiger partial charge in [-0.2, -0.15) is 0 Å². The van der Waals surface area contributed by atoms with Crippen LogP contribution in [0.2, 0.25) is 5.22 Å². The molecule has 0 aliphatic carbocycles. The molecule has 1 N–H and O–H groups in total. The number of anilines is 1. The molecule has 1 heterocycles. The zero-order valence-corrected chi connectivity index (χ0v) is 11.6. The molecule has 0 bridgehead atoms. The predicted octanol–water partition coefficient (Wildman–Crippen LogP) is 3.86. The van der Waals surface area contributed by atoms with E-state index in [2.05, 4.69) is 21.2 Å². The Morgan fingerprint density at radius 2 is 2.11 bits per heavy atom. The number of carbonyl (C=O) groups excluding carboxylic acids is 1. The number of carbonyl (C=O) groups is 1. The molecule has 2 rings (SSSR count). The molecular formula is C11H6BrClN2O4. The Balaban J connectivity index is 2.20. The third-order valence-electron chi connectivity index (χ3n) is 2.21. The maximum atomic E-state index is 11.8. The van der Waals surface area contributed by atoms with E-state index in [1.54, 1.807) is 0 Å². The van der Waals surface area contributed by atoms with E-state index in [1.807, 2.05) is 0 Å². The van der Waals surface area contributed by atoms with Crippen LogP contribution < -0.4 is 5.32 Å². The molecule has 0 radical (unpaired) electrons. The zero-order chi connectivity index (χ0) is 14.0. The number of non-ortho nitro benzene ring substituents is 1. The van der Waals surface area contributed by atoms with E-state index >= 15 is 0 Å². The summed E-state index contributed by atoms with van der Waals surface area (Å²) in [6, 6.07) is 6.88. The number of hydrogen-bond acceptors (Lipinski definition) is 4. The molecule has 6 nitrogen and oxygen atoms in total. The third kappa shape index (κ3) is 3.12. The Bertz CT molecular complexity index is 656. The van der Waals surface area contributed by atoms with Gasteiger partial charge in [-0.15, -0.1) is 0 Å². The van der Waals surface area contributed by atoms with Crippen LogP contribution in [-0.2, 0) is 0 Å². The van der Waals surface area contributed by atoms with Crippen molar-refractivity contribution in [3.8, 4) is 0 Å². The molecule has 98 valence electrons. The third-order valence-corrected chi connectivity index (χ3v) is 3.07. The Hall–Kier alpha value is -1.86. The highest BCUT2D eigenvalue weighted by Crippen LogP contribution is 2.27. The van der Waals surface area contributed by atoms with Crippen molar-refractivity contribution in [1.82, 2.24) is 0 Å². The lowest BCUT2D eigenvalue weighted by Crippen LogP contribution is -2.11. The number of amides is 1. The summed E-state index contributed by atoms with van der Waals surface area (Å²) in [6.45, 7) is 0. The molecule has 0 atom stereocenters. The normalized spacial score (nSPS) is 10.2. The molecule has 1 amide bonds. The van der Waals surface area contributed by atoms with Gasteiger partial charge in [0.15, 0.2) is 11.0 Å². The fourth-order valence-electron chi connectivity index (χ4n) is 1.34. The van der Waals surface area contributed by atoms with Crippen molar-refractivity contribution in [1.29, 1.82) is 0 Å². The topological polar surface area (TPSA) is 85.4 Å². The van der Waals surface area contributed by atoms with Gasteiger partial charge in [0.05, 0.1) is 10.6 Å². The number of nitro groups is 1. The van der Waals surface area contributed by atoms with Crippen LogP contribution >= 0.6 is 27.5 Å². The molecule has 0 saturated heterocycles. The maximum absolute atomic E-state index is 11.8. The minimum atomic E-state index is -0.525. The second-order valence-corrected chi connectivity index (χ2v) is 4.71. The standard InChI is InChI=1S/C11H6BrClN2O4/c12-7-5-6(15(17)18)1-2-8(7)14-11(16)9-3-4-10(13)19-9/h1-5H,(H,14,16). The highest BCUT2D eigenvalue weighted by Gasteiger charge is 2.14. The summed E-state index contributed by atoms with van der Waals surface area (Å²) >= 11 is 8.71. The van der Waals surface area contributed by atoms with Gasteiger partial charge in [0, 0.05) is 16.6 Å². The quantitative estimate of drug-likeness (QED) is 0.676. The molecule has 19 heavy (non-hydrogen) atoms. The van der Waals surface area contributed by atoms with E-state index in [-0.39, 0.29) is 16.7 Å². The van der Waals surface area contributed by atoms with Crippen LogP contribution in [0.5, 0.6) is 0 Å². The fraction of sp³-hybridized carbons (Fsp3) is 0. The van der Waals surface area contributed by atoms with Crippen LogP contribution in [0.3, 0.4) is 0 Å². The summed E-state index contributed by atoms with van der Waals surface area (Å²) in [6.07, 6.45) is 0. The Morgan fingerprint density at radius 1 is 1.37 bits per heavy atom. The average Bonchev–Trinajstić information content (AvgIpc) is 2.78. The highest BCUT2D eigenvalue weighted by atomic mass is 79.9. The minimum Gasteiger partial charge on any atom is -0.440 e. The van der Waals surface area contributed by atoms with E-state index in [0.717, 1.165) is 0 Å². The van der Waals surface area contributed by atoms with Crippen molar-refractivity contribution < 1.29 is 14.1 Å². The van der Waals surface area contributed by atoms with Crippen molar-refractivity contribution in [2.45, 2.75) is 0 Å². The number of nitro benzene ring substituents is 1. The van der Waals surface area contributed by atoms with Gasteiger partial charge < -0.3 is 9.73 Å². The molecule has 0 aliphatic rings. The van der Waals surface area contributed by atoms with Crippen molar-refractivity contribution in [2.75, 3.05) is 5.32 Å². The monoisotopic (exact) mass is 344 g/mol. The Labute approximate surface area is 120 Å². The van der Waals surface area contributed by atoms with Crippen LogP contribution in [0.25, 0.3) is 0 Å². The fourth-order valence-corrected chi connectivity index (χ4v) is 1.95. The smallest absolute Gasteiger partial charge is 0.291 e. The van der Waals surface area contributed by atoms with Gasteiger partial charge in [-0.05, 0) is 45.7 Å².